The maximum Gasteiger partial charge on any atom is 0.159 e. The van der Waals surface area contributed by atoms with Gasteiger partial charge in [0.05, 0.1) is 5.69 Å². The van der Waals surface area contributed by atoms with Crippen molar-refractivity contribution in [2.45, 2.75) is 0 Å². The molecule has 44 heavy (non-hydrogen) atoms. The molecule has 0 amide bonds. The van der Waals surface area contributed by atoms with E-state index in [9.17, 15) is 0 Å². The van der Waals surface area contributed by atoms with Crippen LogP contribution < -0.4 is 4.90 Å². The number of anilines is 3. The second kappa shape index (κ2) is 11.1. The normalized spacial score (nSPS) is 11.2. The van der Waals surface area contributed by atoms with Crippen molar-refractivity contribution in [3.63, 3.8) is 0 Å². The van der Waals surface area contributed by atoms with E-state index in [0.29, 0.717) is 0 Å². The van der Waals surface area contributed by atoms with Crippen molar-refractivity contribution in [2.75, 3.05) is 4.90 Å². The summed E-state index contributed by atoms with van der Waals surface area (Å²) in [4.78, 5) is 2.31. The molecule has 208 valence electrons. The molecule has 0 saturated carbocycles. The monoisotopic (exact) mass is 563 g/mol. The highest BCUT2D eigenvalue weighted by atomic mass is 16.3. The van der Waals surface area contributed by atoms with Gasteiger partial charge in [-0.05, 0) is 75.8 Å². The molecule has 2 heteroatoms. The van der Waals surface area contributed by atoms with Crippen LogP contribution in [0.5, 0.6) is 0 Å². The van der Waals surface area contributed by atoms with Crippen molar-refractivity contribution in [2.24, 2.45) is 0 Å². The van der Waals surface area contributed by atoms with Gasteiger partial charge in [0.25, 0.3) is 0 Å². The lowest BCUT2D eigenvalue weighted by molar-refractivity contribution is 0.669. The highest BCUT2D eigenvalue weighted by molar-refractivity contribution is 6.12. The van der Waals surface area contributed by atoms with Gasteiger partial charge in [-0.2, -0.15) is 0 Å². The van der Waals surface area contributed by atoms with Crippen molar-refractivity contribution in [1.82, 2.24) is 0 Å². The molecule has 0 radical (unpaired) electrons. The molecule has 0 N–H and O–H groups in total. The van der Waals surface area contributed by atoms with Gasteiger partial charge in [0.1, 0.15) is 5.58 Å². The molecule has 0 spiro atoms. The quantitative estimate of drug-likeness (QED) is 0.200. The molecule has 8 aromatic rings. The van der Waals surface area contributed by atoms with Crippen LogP contribution in [-0.4, -0.2) is 0 Å². The summed E-state index contributed by atoms with van der Waals surface area (Å²) in [7, 11) is 0. The van der Waals surface area contributed by atoms with Gasteiger partial charge in [0.15, 0.2) is 5.58 Å². The third kappa shape index (κ3) is 4.73. The Labute approximate surface area is 257 Å². The molecule has 8 rings (SSSR count). The van der Waals surface area contributed by atoms with Crippen molar-refractivity contribution in [1.29, 1.82) is 0 Å². The predicted molar refractivity (Wildman–Crippen MR) is 185 cm³/mol. The van der Waals surface area contributed by atoms with Crippen LogP contribution in [0, 0.1) is 0 Å². The van der Waals surface area contributed by atoms with E-state index < -0.39 is 0 Å². The molecule has 0 aliphatic rings. The van der Waals surface area contributed by atoms with Gasteiger partial charge in [-0.25, -0.2) is 0 Å². The van der Waals surface area contributed by atoms with Gasteiger partial charge in [-0.15, -0.1) is 0 Å². The second-order valence-corrected chi connectivity index (χ2v) is 11.0. The maximum absolute atomic E-state index is 6.63. The summed E-state index contributed by atoms with van der Waals surface area (Å²) in [6.45, 7) is 0. The number of furan rings is 1. The third-order valence-electron chi connectivity index (χ3n) is 8.27. The van der Waals surface area contributed by atoms with Crippen molar-refractivity contribution >= 4 is 39.0 Å². The summed E-state index contributed by atoms with van der Waals surface area (Å²) in [6.07, 6.45) is 0. The lowest BCUT2D eigenvalue weighted by Crippen LogP contribution is -2.10. The summed E-state index contributed by atoms with van der Waals surface area (Å²) in [5.74, 6) is 0. The van der Waals surface area contributed by atoms with E-state index in [-0.39, 0.29) is 0 Å². The lowest BCUT2D eigenvalue weighted by atomic mass is 9.98. The smallest absolute Gasteiger partial charge is 0.159 e. The van der Waals surface area contributed by atoms with Gasteiger partial charge in [0, 0.05) is 22.1 Å². The molecule has 0 bridgehead atoms. The first-order valence-corrected chi connectivity index (χ1v) is 14.9. The number of fused-ring (bicyclic) bond motifs is 3. The molecule has 0 atom stereocenters. The van der Waals surface area contributed by atoms with E-state index in [1.807, 2.05) is 6.07 Å². The lowest BCUT2D eigenvalue weighted by Gasteiger charge is -2.26. The van der Waals surface area contributed by atoms with Gasteiger partial charge >= 0.3 is 0 Å². The molecule has 0 saturated heterocycles. The highest BCUT2D eigenvalue weighted by Crippen LogP contribution is 2.45. The summed E-state index contributed by atoms with van der Waals surface area (Å²) >= 11 is 0. The zero-order chi connectivity index (χ0) is 29.3. The Hall–Kier alpha value is -5.86. The average Bonchev–Trinajstić information content (AvgIpc) is 3.49. The summed E-state index contributed by atoms with van der Waals surface area (Å²) < 4.78 is 6.63. The Bertz CT molecular complexity index is 2180. The minimum Gasteiger partial charge on any atom is -0.454 e. The number of hydrogen-bond acceptors (Lipinski definition) is 2. The molecule has 0 fully saturated rings. The second-order valence-electron chi connectivity index (χ2n) is 11.0. The van der Waals surface area contributed by atoms with Crippen LogP contribution in [0.2, 0.25) is 0 Å². The third-order valence-corrected chi connectivity index (χ3v) is 8.27. The van der Waals surface area contributed by atoms with E-state index >= 15 is 0 Å². The molecule has 2 nitrogen and oxygen atoms in total. The maximum atomic E-state index is 6.63. The van der Waals surface area contributed by atoms with E-state index in [1.165, 1.54) is 22.3 Å². The first kappa shape index (κ1) is 25.8. The van der Waals surface area contributed by atoms with Crippen molar-refractivity contribution < 1.29 is 4.42 Å². The fraction of sp³-hybridized carbons (Fsp3) is 0. The van der Waals surface area contributed by atoms with Crippen molar-refractivity contribution in [3.8, 4) is 33.4 Å². The van der Waals surface area contributed by atoms with E-state index in [0.717, 1.165) is 50.1 Å². The summed E-state index contributed by atoms with van der Waals surface area (Å²) in [5.41, 5.74) is 12.0. The van der Waals surface area contributed by atoms with Crippen LogP contribution in [0.25, 0.3) is 55.3 Å². The first-order valence-electron chi connectivity index (χ1n) is 14.9. The standard InChI is InChI=1S/C42H29NO/c1-4-12-30(13-5-1)32-20-22-34(23-21-32)35-28-39-38-18-10-11-19-41(38)44-42(39)40(29-35)43(36-16-8-3-9-17-36)37-26-24-33(25-27-37)31-14-6-2-7-15-31/h1-29H. The van der Waals surface area contributed by atoms with E-state index in [1.54, 1.807) is 0 Å². The van der Waals surface area contributed by atoms with Gasteiger partial charge in [-0.3, -0.25) is 0 Å². The molecule has 0 aliphatic carbocycles. The topological polar surface area (TPSA) is 16.4 Å². The first-order chi connectivity index (χ1) is 21.8. The predicted octanol–water partition coefficient (Wildman–Crippen LogP) is 12.1. The van der Waals surface area contributed by atoms with E-state index in [2.05, 4.69) is 175 Å². The van der Waals surface area contributed by atoms with Crippen molar-refractivity contribution in [3.05, 3.63) is 176 Å². The molecular weight excluding hydrogens is 534 g/mol. The molecular formula is C42H29NO. The summed E-state index contributed by atoms with van der Waals surface area (Å²) in [5, 5.41) is 2.21. The number of nitrogens with zero attached hydrogens (tertiary/aromatic N) is 1. The fourth-order valence-corrected chi connectivity index (χ4v) is 6.07. The minimum atomic E-state index is 0.867. The van der Waals surface area contributed by atoms with Crippen LogP contribution in [0.1, 0.15) is 0 Å². The van der Waals surface area contributed by atoms with Crippen LogP contribution in [-0.2, 0) is 0 Å². The Morgan fingerprint density at radius 2 is 0.795 bits per heavy atom. The van der Waals surface area contributed by atoms with E-state index in [4.69, 9.17) is 4.42 Å². The number of rotatable bonds is 6. The van der Waals surface area contributed by atoms with Gasteiger partial charge < -0.3 is 9.32 Å². The average molecular weight is 564 g/mol. The van der Waals surface area contributed by atoms with Crippen LogP contribution in [0.4, 0.5) is 17.1 Å². The minimum absolute atomic E-state index is 0.867. The zero-order valence-electron chi connectivity index (χ0n) is 24.1. The largest absolute Gasteiger partial charge is 0.454 e. The van der Waals surface area contributed by atoms with Gasteiger partial charge in [0.2, 0.25) is 0 Å². The molecule has 7 aromatic carbocycles. The number of para-hydroxylation sites is 2. The molecule has 0 unspecified atom stereocenters. The van der Waals surface area contributed by atoms with Crippen LogP contribution in [0.15, 0.2) is 180 Å². The Morgan fingerprint density at radius 1 is 0.341 bits per heavy atom. The Balaban J connectivity index is 1.32. The number of hydrogen-bond donors (Lipinski definition) is 0. The summed E-state index contributed by atoms with van der Waals surface area (Å²) in [6, 6.07) is 62.0. The zero-order valence-corrected chi connectivity index (χ0v) is 24.1. The highest BCUT2D eigenvalue weighted by Gasteiger charge is 2.21. The number of benzene rings is 7. The van der Waals surface area contributed by atoms with Gasteiger partial charge in [-0.1, -0.05) is 133 Å². The molecule has 1 aromatic heterocycles. The van der Waals surface area contributed by atoms with Crippen LogP contribution >= 0.6 is 0 Å². The fourth-order valence-electron chi connectivity index (χ4n) is 6.07. The SMILES string of the molecule is c1ccc(-c2ccc(-c3cc(N(c4ccccc4)c4ccc(-c5ccccc5)cc4)c4oc5ccccc5c4c3)cc2)cc1. The Morgan fingerprint density at radius 3 is 1.41 bits per heavy atom. The van der Waals surface area contributed by atoms with Crippen LogP contribution in [0.3, 0.4) is 0 Å². The molecule has 0 aliphatic heterocycles. The molecule has 1 heterocycles. The Kier molecular flexibility index (Phi) is 6.51.